The van der Waals surface area contributed by atoms with Gasteiger partial charge in [-0.15, -0.1) is 0 Å². The van der Waals surface area contributed by atoms with Crippen LogP contribution >= 0.6 is 0 Å². The molecule has 3 rings (SSSR count). The number of rotatable bonds is 5. The molecule has 0 saturated carbocycles. The van der Waals surface area contributed by atoms with Gasteiger partial charge in [0.2, 0.25) is 5.91 Å². The lowest BCUT2D eigenvalue weighted by molar-refractivity contribution is -0.119. The average molecular weight is 412 g/mol. The number of nitrogens with one attached hydrogen (secondary N) is 1. The summed E-state index contributed by atoms with van der Waals surface area (Å²) in [5.41, 5.74) is 0.870. The third-order valence-corrected chi connectivity index (χ3v) is 5.00. The molecule has 30 heavy (non-hydrogen) atoms. The minimum absolute atomic E-state index is 0.292. The number of fused-ring (bicyclic) bond motifs is 1. The molecule has 9 heteroatoms. The van der Waals surface area contributed by atoms with Crippen LogP contribution in [0.2, 0.25) is 0 Å². The predicted molar refractivity (Wildman–Crippen MR) is 114 cm³/mol. The highest BCUT2D eigenvalue weighted by Gasteiger charge is 2.24. The molecule has 1 atom stereocenters. The second-order valence-electron chi connectivity index (χ2n) is 7.03. The summed E-state index contributed by atoms with van der Waals surface area (Å²) >= 11 is 0. The lowest BCUT2D eigenvalue weighted by Gasteiger charge is -2.18. The quantitative estimate of drug-likeness (QED) is 0.687. The number of aromatic nitrogens is 3. The molecule has 2 heterocycles. The fraction of sp³-hybridized carbons (Fsp3) is 0.333. The van der Waals surface area contributed by atoms with Crippen molar-refractivity contribution in [3.8, 4) is 11.5 Å². The van der Waals surface area contributed by atoms with E-state index in [4.69, 9.17) is 9.47 Å². The lowest BCUT2D eigenvalue weighted by Crippen LogP contribution is -2.44. The number of ether oxygens (including phenoxy) is 2. The molecule has 1 N–H and O–H groups in total. The van der Waals surface area contributed by atoms with E-state index in [1.54, 1.807) is 38.1 Å². The van der Waals surface area contributed by atoms with Crippen molar-refractivity contribution in [3.05, 3.63) is 56.4 Å². The largest absolute Gasteiger partial charge is 0.497 e. The van der Waals surface area contributed by atoms with Crippen LogP contribution in [-0.4, -0.2) is 34.2 Å². The van der Waals surface area contributed by atoms with Gasteiger partial charge in [0.25, 0.3) is 5.56 Å². The second kappa shape index (κ2) is 8.02. The van der Waals surface area contributed by atoms with E-state index in [1.165, 1.54) is 32.8 Å². The summed E-state index contributed by atoms with van der Waals surface area (Å²) in [5, 5.41) is 3.02. The number of hydrogen-bond donors (Lipinski definition) is 1. The highest BCUT2D eigenvalue weighted by molar-refractivity contribution is 5.95. The topological polar surface area (TPSA) is 104 Å². The summed E-state index contributed by atoms with van der Waals surface area (Å²) in [6.07, 6.45) is 0. The Morgan fingerprint density at radius 1 is 1.13 bits per heavy atom. The molecule has 1 amide bonds. The predicted octanol–water partition coefficient (Wildman–Crippen LogP) is 1.93. The number of pyridine rings is 1. The summed E-state index contributed by atoms with van der Waals surface area (Å²) in [5.74, 6) is 0.401. The molecule has 0 fully saturated rings. The number of methoxy groups -OCH3 is 2. The maximum Gasteiger partial charge on any atom is 0.333 e. The summed E-state index contributed by atoms with van der Waals surface area (Å²) in [6, 6.07) is 5.64. The Balaban J connectivity index is 2.10. The fourth-order valence-electron chi connectivity index (χ4n) is 3.39. The average Bonchev–Trinajstić information content (AvgIpc) is 2.71. The monoisotopic (exact) mass is 412 g/mol. The van der Waals surface area contributed by atoms with Crippen molar-refractivity contribution in [2.75, 3.05) is 19.5 Å². The number of hydrogen-bond acceptors (Lipinski definition) is 6. The molecular weight excluding hydrogens is 388 g/mol. The first-order valence-corrected chi connectivity index (χ1v) is 9.32. The van der Waals surface area contributed by atoms with Crippen molar-refractivity contribution in [1.29, 1.82) is 0 Å². The Bertz CT molecular complexity index is 1260. The highest BCUT2D eigenvalue weighted by atomic mass is 16.5. The lowest BCUT2D eigenvalue weighted by atomic mass is 10.1. The van der Waals surface area contributed by atoms with Crippen molar-refractivity contribution >= 4 is 22.6 Å². The zero-order valence-electron chi connectivity index (χ0n) is 17.8. The smallest absolute Gasteiger partial charge is 0.333 e. The Kier molecular flexibility index (Phi) is 5.64. The van der Waals surface area contributed by atoms with Gasteiger partial charge in [-0.05, 0) is 44.5 Å². The van der Waals surface area contributed by atoms with Crippen LogP contribution in [0.15, 0.2) is 33.9 Å². The van der Waals surface area contributed by atoms with Crippen LogP contribution in [0.4, 0.5) is 5.69 Å². The van der Waals surface area contributed by atoms with Gasteiger partial charge in [0.05, 0.1) is 25.3 Å². The van der Waals surface area contributed by atoms with Crippen LogP contribution < -0.4 is 26.0 Å². The van der Waals surface area contributed by atoms with Gasteiger partial charge in [0, 0.05) is 18.8 Å². The summed E-state index contributed by atoms with van der Waals surface area (Å²) in [6.45, 7) is 5.06. The zero-order valence-corrected chi connectivity index (χ0v) is 17.8. The maximum absolute atomic E-state index is 13.1. The summed E-state index contributed by atoms with van der Waals surface area (Å²) < 4.78 is 12.7. The van der Waals surface area contributed by atoms with E-state index in [0.717, 1.165) is 4.57 Å². The molecule has 0 saturated heterocycles. The zero-order chi connectivity index (χ0) is 22.2. The van der Waals surface area contributed by atoms with E-state index < -0.39 is 23.2 Å². The van der Waals surface area contributed by atoms with Crippen molar-refractivity contribution < 1.29 is 14.3 Å². The van der Waals surface area contributed by atoms with Gasteiger partial charge in [0.1, 0.15) is 23.2 Å². The second-order valence-corrected chi connectivity index (χ2v) is 7.03. The molecule has 0 aliphatic carbocycles. The molecule has 1 aromatic carbocycles. The molecule has 9 nitrogen and oxygen atoms in total. The van der Waals surface area contributed by atoms with Gasteiger partial charge in [-0.3, -0.25) is 14.2 Å². The molecular formula is C21H24N4O5. The Morgan fingerprint density at radius 2 is 1.83 bits per heavy atom. The molecule has 3 aromatic rings. The van der Waals surface area contributed by atoms with Crippen LogP contribution in [-0.2, 0) is 11.8 Å². The van der Waals surface area contributed by atoms with E-state index in [1.807, 2.05) is 0 Å². The maximum atomic E-state index is 13.1. The van der Waals surface area contributed by atoms with E-state index >= 15 is 0 Å². The normalized spacial score (nSPS) is 11.9. The van der Waals surface area contributed by atoms with Gasteiger partial charge in [-0.2, -0.15) is 0 Å². The van der Waals surface area contributed by atoms with Gasteiger partial charge in [-0.25, -0.2) is 14.3 Å². The Morgan fingerprint density at radius 3 is 2.47 bits per heavy atom. The minimum Gasteiger partial charge on any atom is -0.497 e. The number of carbonyl (C=O) groups is 1. The van der Waals surface area contributed by atoms with E-state index in [-0.39, 0.29) is 0 Å². The fourth-order valence-corrected chi connectivity index (χ4v) is 3.39. The van der Waals surface area contributed by atoms with Gasteiger partial charge < -0.3 is 14.8 Å². The SMILES string of the molecule is COc1ccc(OC)c(NC(=O)C(C)n2c(=O)c3c(C)cc(C)nc3n(C)c2=O)c1. The van der Waals surface area contributed by atoms with E-state index in [9.17, 15) is 14.4 Å². The van der Waals surface area contributed by atoms with Crippen LogP contribution in [0.5, 0.6) is 11.5 Å². The van der Waals surface area contributed by atoms with Crippen LogP contribution in [0.1, 0.15) is 24.2 Å². The number of benzene rings is 1. The first kappa shape index (κ1) is 21.1. The number of aryl methyl sites for hydroxylation is 3. The number of amides is 1. The van der Waals surface area contributed by atoms with Gasteiger partial charge >= 0.3 is 5.69 Å². The first-order valence-electron chi connectivity index (χ1n) is 9.32. The van der Waals surface area contributed by atoms with Crippen LogP contribution in [0, 0.1) is 13.8 Å². The number of anilines is 1. The Hall–Kier alpha value is -3.62. The van der Waals surface area contributed by atoms with Crippen molar-refractivity contribution in [2.24, 2.45) is 7.05 Å². The summed E-state index contributed by atoms with van der Waals surface area (Å²) in [7, 11) is 4.51. The minimum atomic E-state index is -1.07. The first-order chi connectivity index (χ1) is 14.2. The Labute approximate surface area is 172 Å². The molecule has 158 valence electrons. The standard InChI is InChI=1S/C21H24N4O5/c1-11-9-12(2)22-18-17(11)20(27)25(21(28)24(18)4)13(3)19(26)23-15-10-14(29-5)7-8-16(15)30-6/h7-10,13H,1-6H3,(H,23,26). The van der Waals surface area contributed by atoms with Crippen molar-refractivity contribution in [1.82, 2.24) is 14.1 Å². The highest BCUT2D eigenvalue weighted by Crippen LogP contribution is 2.29. The van der Waals surface area contributed by atoms with Crippen LogP contribution in [0.3, 0.4) is 0 Å². The van der Waals surface area contributed by atoms with E-state index in [2.05, 4.69) is 10.3 Å². The molecule has 0 bridgehead atoms. The van der Waals surface area contributed by atoms with E-state index in [0.29, 0.717) is 39.5 Å². The number of carbonyl (C=O) groups excluding carboxylic acids is 1. The molecule has 0 spiro atoms. The molecule has 1 unspecified atom stereocenters. The number of nitrogens with zero attached hydrogens (tertiary/aromatic N) is 3. The summed E-state index contributed by atoms with van der Waals surface area (Å²) in [4.78, 5) is 43.3. The van der Waals surface area contributed by atoms with Crippen molar-refractivity contribution in [2.45, 2.75) is 26.8 Å². The third-order valence-electron chi connectivity index (χ3n) is 5.00. The molecule has 2 aromatic heterocycles. The van der Waals surface area contributed by atoms with Crippen molar-refractivity contribution in [3.63, 3.8) is 0 Å². The molecule has 0 radical (unpaired) electrons. The van der Waals surface area contributed by atoms with Crippen LogP contribution in [0.25, 0.3) is 11.0 Å². The molecule has 0 aliphatic heterocycles. The third kappa shape index (κ3) is 3.54. The van der Waals surface area contributed by atoms with Gasteiger partial charge in [0.15, 0.2) is 0 Å². The van der Waals surface area contributed by atoms with Gasteiger partial charge in [-0.1, -0.05) is 0 Å². The molecule has 0 aliphatic rings.